The summed E-state index contributed by atoms with van der Waals surface area (Å²) in [6, 6.07) is 5.96. The molecule has 0 atom stereocenters. The van der Waals surface area contributed by atoms with Gasteiger partial charge in [-0.05, 0) is 43.1 Å². The van der Waals surface area contributed by atoms with Gasteiger partial charge in [0.25, 0.3) is 8.32 Å². The number of rotatable bonds is 4. The molecule has 3 heteroatoms. The molecule has 96 valence electrons. The molecule has 1 aromatic rings. The van der Waals surface area contributed by atoms with E-state index in [9.17, 15) is 0 Å². The summed E-state index contributed by atoms with van der Waals surface area (Å²) in [5, 5.41) is 0.221. The first-order valence-corrected chi connectivity index (χ1v) is 9.20. The third-order valence-electron chi connectivity index (χ3n) is 4.22. The van der Waals surface area contributed by atoms with Crippen LogP contribution in [0.4, 0.5) is 0 Å². The van der Waals surface area contributed by atoms with Crippen LogP contribution in [0.1, 0.15) is 33.4 Å². The molecule has 0 fully saturated rings. The van der Waals surface area contributed by atoms with Crippen molar-refractivity contribution in [2.45, 2.75) is 52.8 Å². The topological polar surface area (TPSA) is 22.1 Å². The van der Waals surface area contributed by atoms with Gasteiger partial charge in [-0.1, -0.05) is 33.8 Å². The monoisotopic (exact) mass is 251 g/mol. The average molecular weight is 251 g/mol. The zero-order valence-electron chi connectivity index (χ0n) is 12.2. The molecular weight excluding hydrogens is 226 g/mol. The van der Waals surface area contributed by atoms with Crippen LogP contribution >= 0.6 is 0 Å². The first-order chi connectivity index (χ1) is 7.67. The highest BCUT2D eigenvalue weighted by atomic mass is 28.4. The van der Waals surface area contributed by atoms with E-state index in [1.54, 1.807) is 0 Å². The molecule has 0 aromatic carbocycles. The minimum Gasteiger partial charge on any atom is -0.531 e. The highest BCUT2D eigenvalue weighted by molar-refractivity contribution is 6.74. The highest BCUT2D eigenvalue weighted by Gasteiger charge is 2.45. The fourth-order valence-electron chi connectivity index (χ4n) is 1.66. The maximum Gasteiger partial charge on any atom is 0.253 e. The van der Waals surface area contributed by atoms with Crippen LogP contribution in [0, 0.1) is 12.8 Å². The van der Waals surface area contributed by atoms with Crippen LogP contribution in [-0.2, 0) is 0 Å². The van der Waals surface area contributed by atoms with Gasteiger partial charge in [0.2, 0.25) is 0 Å². The summed E-state index contributed by atoms with van der Waals surface area (Å²) in [5.74, 6) is 1.38. The van der Waals surface area contributed by atoms with Gasteiger partial charge in [-0.25, -0.2) is 4.98 Å². The normalized spacial score (nSPS) is 12.9. The lowest BCUT2D eigenvalue weighted by Gasteiger charge is -2.42. The Morgan fingerprint density at radius 2 is 1.82 bits per heavy atom. The van der Waals surface area contributed by atoms with Crippen LogP contribution in [0.25, 0.3) is 0 Å². The van der Waals surface area contributed by atoms with Crippen molar-refractivity contribution in [3.63, 3.8) is 0 Å². The third-order valence-corrected chi connectivity index (χ3v) is 8.62. The second kappa shape index (κ2) is 4.81. The molecule has 0 bridgehead atoms. The first kappa shape index (κ1) is 14.2. The number of nitrogens with zero attached hydrogens (tertiary/aromatic N) is 1. The summed E-state index contributed by atoms with van der Waals surface area (Å²) >= 11 is 0. The molecule has 0 aliphatic heterocycles. The lowest BCUT2D eigenvalue weighted by atomic mass is 9.99. The van der Waals surface area contributed by atoms with Gasteiger partial charge in [-0.2, -0.15) is 0 Å². The maximum atomic E-state index is 6.24. The van der Waals surface area contributed by atoms with Crippen molar-refractivity contribution >= 4 is 8.32 Å². The van der Waals surface area contributed by atoms with Crippen LogP contribution in [0.5, 0.6) is 5.88 Å². The van der Waals surface area contributed by atoms with E-state index >= 15 is 0 Å². The van der Waals surface area contributed by atoms with Crippen molar-refractivity contribution < 1.29 is 4.43 Å². The quantitative estimate of drug-likeness (QED) is 0.739. The van der Waals surface area contributed by atoms with Crippen LogP contribution in [0.3, 0.4) is 0 Å². The summed E-state index contributed by atoms with van der Waals surface area (Å²) in [4.78, 5) is 4.44. The van der Waals surface area contributed by atoms with E-state index in [1.807, 2.05) is 25.1 Å². The SMILES string of the molecule is Cc1cccc(O[Si](C)(C)C(C)(C)C(C)C)n1. The molecule has 0 aliphatic rings. The van der Waals surface area contributed by atoms with Gasteiger partial charge in [-0.15, -0.1) is 0 Å². The number of hydrogen-bond acceptors (Lipinski definition) is 2. The number of aromatic nitrogens is 1. The zero-order chi connectivity index (χ0) is 13.3. The Kier molecular flexibility index (Phi) is 4.02. The zero-order valence-corrected chi connectivity index (χ0v) is 13.2. The molecular formula is C14H25NOSi. The summed E-state index contributed by atoms with van der Waals surface area (Å²) < 4.78 is 6.24. The van der Waals surface area contributed by atoms with Crippen molar-refractivity contribution in [1.29, 1.82) is 0 Å². The third kappa shape index (κ3) is 3.09. The molecule has 1 heterocycles. The van der Waals surface area contributed by atoms with Gasteiger partial charge < -0.3 is 4.43 Å². The van der Waals surface area contributed by atoms with Crippen molar-refractivity contribution in [2.75, 3.05) is 0 Å². The summed E-state index contributed by atoms with van der Waals surface area (Å²) in [5.41, 5.74) is 1.01. The van der Waals surface area contributed by atoms with Gasteiger partial charge in [0.15, 0.2) is 5.88 Å². The average Bonchev–Trinajstić information content (AvgIpc) is 2.16. The molecule has 0 amide bonds. The Hall–Kier alpha value is -0.833. The predicted molar refractivity (Wildman–Crippen MR) is 76.0 cm³/mol. The fourth-order valence-corrected chi connectivity index (χ4v) is 3.95. The Labute approximate surface area is 107 Å². The maximum absolute atomic E-state index is 6.24. The summed E-state index contributed by atoms with van der Waals surface area (Å²) in [6.45, 7) is 15.7. The molecule has 0 N–H and O–H groups in total. The van der Waals surface area contributed by atoms with Crippen LogP contribution in [-0.4, -0.2) is 13.3 Å². The molecule has 17 heavy (non-hydrogen) atoms. The highest BCUT2D eigenvalue weighted by Crippen LogP contribution is 2.44. The van der Waals surface area contributed by atoms with Crippen LogP contribution in [0.15, 0.2) is 18.2 Å². The number of hydrogen-bond donors (Lipinski definition) is 0. The lowest BCUT2D eigenvalue weighted by Crippen LogP contribution is -2.48. The van der Waals surface area contributed by atoms with Gasteiger partial charge in [0.05, 0.1) is 0 Å². The standard InChI is InChI=1S/C14H25NOSi/c1-11(2)14(4,5)17(6,7)16-13-10-8-9-12(3)15-13/h8-11H,1-7H3. The molecule has 0 spiro atoms. The van der Waals surface area contributed by atoms with E-state index in [1.165, 1.54) is 0 Å². The molecule has 1 aromatic heterocycles. The predicted octanol–water partition coefficient (Wildman–Crippen LogP) is 4.41. The molecule has 0 radical (unpaired) electrons. The van der Waals surface area contributed by atoms with E-state index < -0.39 is 8.32 Å². The first-order valence-electron chi connectivity index (χ1n) is 6.29. The van der Waals surface area contributed by atoms with Gasteiger partial charge in [-0.3, -0.25) is 0 Å². The molecule has 1 rings (SSSR count). The lowest BCUT2D eigenvalue weighted by molar-refractivity contribution is 0.388. The van der Waals surface area contributed by atoms with Gasteiger partial charge in [0.1, 0.15) is 0 Å². The van der Waals surface area contributed by atoms with Crippen molar-refractivity contribution in [1.82, 2.24) is 4.98 Å². The largest absolute Gasteiger partial charge is 0.531 e. The fraction of sp³-hybridized carbons (Fsp3) is 0.643. The summed E-state index contributed by atoms with van der Waals surface area (Å²) in [6.07, 6.45) is 0. The minimum atomic E-state index is -1.82. The van der Waals surface area contributed by atoms with Gasteiger partial charge >= 0.3 is 0 Å². The Morgan fingerprint density at radius 1 is 1.24 bits per heavy atom. The van der Waals surface area contributed by atoms with Crippen molar-refractivity contribution in [3.8, 4) is 5.88 Å². The van der Waals surface area contributed by atoms with E-state index in [0.717, 1.165) is 11.6 Å². The van der Waals surface area contributed by atoms with Crippen molar-refractivity contribution in [3.05, 3.63) is 23.9 Å². The van der Waals surface area contributed by atoms with E-state index in [0.29, 0.717) is 5.92 Å². The smallest absolute Gasteiger partial charge is 0.253 e. The summed E-state index contributed by atoms with van der Waals surface area (Å²) in [7, 11) is -1.82. The second-order valence-electron chi connectivity index (χ2n) is 6.11. The Morgan fingerprint density at radius 3 is 2.29 bits per heavy atom. The van der Waals surface area contributed by atoms with Crippen LogP contribution in [0.2, 0.25) is 18.1 Å². The number of pyridine rings is 1. The molecule has 2 nitrogen and oxygen atoms in total. The number of aryl methyl sites for hydroxylation is 1. The second-order valence-corrected chi connectivity index (χ2v) is 10.6. The molecule has 0 saturated carbocycles. The minimum absolute atomic E-state index is 0.221. The molecule has 0 saturated heterocycles. The molecule has 0 aliphatic carbocycles. The molecule has 0 unspecified atom stereocenters. The Balaban J connectivity index is 2.93. The Bertz CT molecular complexity index is 386. The van der Waals surface area contributed by atoms with Crippen molar-refractivity contribution in [2.24, 2.45) is 5.92 Å². The van der Waals surface area contributed by atoms with E-state index in [2.05, 4.69) is 45.8 Å². The van der Waals surface area contributed by atoms with Gasteiger partial charge in [0, 0.05) is 5.69 Å². The van der Waals surface area contributed by atoms with E-state index in [4.69, 9.17) is 4.43 Å². The van der Waals surface area contributed by atoms with E-state index in [-0.39, 0.29) is 5.04 Å². The van der Waals surface area contributed by atoms with Crippen LogP contribution < -0.4 is 4.43 Å².